The minimum absolute atomic E-state index is 0.201. The van der Waals surface area contributed by atoms with Gasteiger partial charge in [0.25, 0.3) is 0 Å². The highest BCUT2D eigenvalue weighted by Crippen LogP contribution is 2.29. The molecule has 1 saturated carbocycles. The lowest BCUT2D eigenvalue weighted by Gasteiger charge is -2.43. The maximum absolute atomic E-state index is 12.0. The zero-order valence-electron chi connectivity index (χ0n) is 25.0. The summed E-state index contributed by atoms with van der Waals surface area (Å²) in [5.74, 6) is 1.08. The third-order valence-electron chi connectivity index (χ3n) is 8.08. The molecule has 2 aromatic heterocycles. The molecule has 0 amide bonds. The number of hydrogen-bond donors (Lipinski definition) is 4. The van der Waals surface area contributed by atoms with Gasteiger partial charge in [-0.2, -0.15) is 4.98 Å². The van der Waals surface area contributed by atoms with Gasteiger partial charge in [-0.05, 0) is 63.1 Å². The minimum Gasteiger partial charge on any atom is -0.391 e. The molecule has 5 rings (SSSR count). The van der Waals surface area contributed by atoms with Gasteiger partial charge in [0.05, 0.1) is 17.4 Å². The number of aromatic nitrogens is 3. The first kappa shape index (κ1) is 30.6. The molecule has 2 aliphatic rings. The smallest absolute Gasteiger partial charge is 0.229 e. The fourth-order valence-corrected chi connectivity index (χ4v) is 5.73. The molecule has 4 N–H and O–H groups in total. The molecule has 43 heavy (non-hydrogen) atoms. The second-order valence-electron chi connectivity index (χ2n) is 11.6. The van der Waals surface area contributed by atoms with Crippen LogP contribution in [-0.4, -0.2) is 81.2 Å². The standard InChI is InChI=1S/C32H42N8O3/c1-4-16-34-40(29-11-7-10-28(36-29)32(2,3)43)30-23(22-41)21-33-31(37-30)35-24-12-14-25(15-13-24)38-17-19-39(20-18-38)26-8-5-6-9-27(26)42/h4,7,10-15,21-22,26-27,34,42-43H,1,5-6,8-9,16-20H2,2-3H3,(H,33,35,37). The number of aldehydes is 1. The summed E-state index contributed by atoms with van der Waals surface area (Å²) in [5.41, 5.74) is 4.74. The number of aliphatic hydroxyl groups is 2. The SMILES string of the molecule is C=CCNN(c1cccc(C(C)(C)O)n1)c1nc(Nc2ccc(N3CCN(C4CCCCC4O)CC3)cc2)ncc1C=O. The number of hydrogen-bond acceptors (Lipinski definition) is 11. The predicted octanol–water partition coefficient (Wildman–Crippen LogP) is 3.91. The largest absolute Gasteiger partial charge is 0.391 e. The highest BCUT2D eigenvalue weighted by molar-refractivity contribution is 5.84. The Balaban J connectivity index is 1.30. The molecule has 2 unspecified atom stereocenters. The van der Waals surface area contributed by atoms with Crippen molar-refractivity contribution in [3.8, 4) is 0 Å². The fraction of sp³-hybridized carbons (Fsp3) is 0.438. The molecule has 11 heteroatoms. The molecule has 3 aromatic rings. The number of carbonyl (C=O) groups excluding carboxylic acids is 1. The van der Waals surface area contributed by atoms with Crippen molar-refractivity contribution in [2.75, 3.05) is 47.9 Å². The second-order valence-corrected chi connectivity index (χ2v) is 11.6. The predicted molar refractivity (Wildman–Crippen MR) is 169 cm³/mol. The average Bonchev–Trinajstić information content (AvgIpc) is 3.02. The van der Waals surface area contributed by atoms with Crippen LogP contribution in [0.15, 0.2) is 61.3 Å². The van der Waals surface area contributed by atoms with E-state index in [9.17, 15) is 15.0 Å². The monoisotopic (exact) mass is 586 g/mol. The van der Waals surface area contributed by atoms with Crippen molar-refractivity contribution in [1.82, 2.24) is 25.3 Å². The topological polar surface area (TPSA) is 130 Å². The van der Waals surface area contributed by atoms with Crippen molar-refractivity contribution in [1.29, 1.82) is 0 Å². The summed E-state index contributed by atoms with van der Waals surface area (Å²) in [4.78, 5) is 30.5. The number of carbonyl (C=O) groups is 1. The molecular weight excluding hydrogens is 544 g/mol. The van der Waals surface area contributed by atoms with Crippen LogP contribution in [0.2, 0.25) is 0 Å². The number of rotatable bonds is 11. The van der Waals surface area contributed by atoms with Gasteiger partial charge in [0.1, 0.15) is 11.4 Å². The Morgan fingerprint density at radius 1 is 1.07 bits per heavy atom. The van der Waals surface area contributed by atoms with Crippen molar-refractivity contribution in [2.45, 2.75) is 57.3 Å². The van der Waals surface area contributed by atoms with Crippen LogP contribution in [0.25, 0.3) is 0 Å². The molecule has 1 aromatic carbocycles. The molecule has 2 atom stereocenters. The quantitative estimate of drug-likeness (QED) is 0.148. The van der Waals surface area contributed by atoms with Gasteiger partial charge in [0.2, 0.25) is 5.95 Å². The van der Waals surface area contributed by atoms with E-state index in [-0.39, 0.29) is 11.7 Å². The molecular formula is C32H42N8O3. The number of hydrazine groups is 1. The highest BCUT2D eigenvalue weighted by atomic mass is 16.3. The van der Waals surface area contributed by atoms with E-state index in [4.69, 9.17) is 0 Å². The Morgan fingerprint density at radius 2 is 1.81 bits per heavy atom. The number of nitrogens with zero attached hydrogens (tertiary/aromatic N) is 6. The van der Waals surface area contributed by atoms with E-state index in [1.807, 2.05) is 12.1 Å². The molecule has 1 saturated heterocycles. The lowest BCUT2D eigenvalue weighted by atomic mass is 9.91. The van der Waals surface area contributed by atoms with Crippen LogP contribution in [0.4, 0.5) is 29.0 Å². The second kappa shape index (κ2) is 13.6. The van der Waals surface area contributed by atoms with E-state index in [1.165, 1.54) is 12.6 Å². The number of pyridine rings is 1. The summed E-state index contributed by atoms with van der Waals surface area (Å²) in [6, 6.07) is 13.7. The minimum atomic E-state index is -1.15. The summed E-state index contributed by atoms with van der Waals surface area (Å²) < 4.78 is 0. The van der Waals surface area contributed by atoms with Crippen LogP contribution in [0.5, 0.6) is 0 Å². The number of benzene rings is 1. The lowest BCUT2D eigenvalue weighted by molar-refractivity contribution is 0.0173. The van der Waals surface area contributed by atoms with Gasteiger partial charge < -0.3 is 20.4 Å². The van der Waals surface area contributed by atoms with Crippen molar-refractivity contribution in [2.24, 2.45) is 0 Å². The summed E-state index contributed by atoms with van der Waals surface area (Å²) in [5, 5.41) is 25.8. The number of aliphatic hydroxyl groups excluding tert-OH is 1. The highest BCUT2D eigenvalue weighted by Gasteiger charge is 2.31. The van der Waals surface area contributed by atoms with Crippen molar-refractivity contribution in [3.05, 3.63) is 72.6 Å². The Bertz CT molecular complexity index is 1390. The first-order chi connectivity index (χ1) is 20.8. The van der Waals surface area contributed by atoms with Gasteiger partial charge in [-0.1, -0.05) is 25.0 Å². The maximum atomic E-state index is 12.0. The Labute approximate surface area is 253 Å². The molecule has 1 aliphatic carbocycles. The van der Waals surface area contributed by atoms with Crippen LogP contribution >= 0.6 is 0 Å². The van der Waals surface area contributed by atoms with Gasteiger partial charge in [-0.15, -0.1) is 6.58 Å². The van der Waals surface area contributed by atoms with Crippen LogP contribution in [0.3, 0.4) is 0 Å². The fourth-order valence-electron chi connectivity index (χ4n) is 5.73. The van der Waals surface area contributed by atoms with Crippen LogP contribution < -0.4 is 20.7 Å². The number of piperazine rings is 1. The van der Waals surface area contributed by atoms with Gasteiger partial charge in [-0.3, -0.25) is 9.69 Å². The summed E-state index contributed by atoms with van der Waals surface area (Å²) in [6.45, 7) is 11.2. The first-order valence-electron chi connectivity index (χ1n) is 15.0. The van der Waals surface area contributed by atoms with Gasteiger partial charge in [-0.25, -0.2) is 20.4 Å². The van der Waals surface area contributed by atoms with E-state index in [0.29, 0.717) is 42.2 Å². The molecule has 0 spiro atoms. The Hall–Kier alpha value is -3.90. The Kier molecular flexibility index (Phi) is 9.66. The zero-order chi connectivity index (χ0) is 30.4. The molecule has 0 bridgehead atoms. The lowest BCUT2D eigenvalue weighted by Crippen LogP contribution is -2.54. The van der Waals surface area contributed by atoms with E-state index in [0.717, 1.165) is 56.8 Å². The molecule has 3 heterocycles. The van der Waals surface area contributed by atoms with Crippen molar-refractivity contribution >= 4 is 35.2 Å². The van der Waals surface area contributed by atoms with Gasteiger partial charge >= 0.3 is 0 Å². The molecule has 1 aliphatic heterocycles. The first-order valence-corrected chi connectivity index (χ1v) is 15.0. The number of anilines is 5. The van der Waals surface area contributed by atoms with Crippen LogP contribution in [0, 0.1) is 0 Å². The summed E-state index contributed by atoms with van der Waals surface area (Å²) in [7, 11) is 0. The maximum Gasteiger partial charge on any atom is 0.229 e. The van der Waals surface area contributed by atoms with Crippen LogP contribution in [-0.2, 0) is 5.60 Å². The summed E-state index contributed by atoms with van der Waals surface area (Å²) >= 11 is 0. The van der Waals surface area contributed by atoms with Gasteiger partial charge in [0, 0.05) is 56.3 Å². The van der Waals surface area contributed by atoms with Crippen molar-refractivity contribution in [3.63, 3.8) is 0 Å². The third-order valence-corrected chi connectivity index (χ3v) is 8.08. The average molecular weight is 587 g/mol. The number of nitrogens with one attached hydrogen (secondary N) is 2. The zero-order valence-corrected chi connectivity index (χ0v) is 25.0. The van der Waals surface area contributed by atoms with E-state index in [2.05, 4.69) is 54.2 Å². The van der Waals surface area contributed by atoms with Crippen LogP contribution in [0.1, 0.15) is 55.6 Å². The van der Waals surface area contributed by atoms with E-state index < -0.39 is 5.60 Å². The molecule has 0 radical (unpaired) electrons. The van der Waals surface area contributed by atoms with Gasteiger partial charge in [0.15, 0.2) is 12.1 Å². The molecule has 2 fully saturated rings. The van der Waals surface area contributed by atoms with E-state index >= 15 is 0 Å². The molecule has 228 valence electrons. The molecule has 11 nitrogen and oxygen atoms in total. The third kappa shape index (κ3) is 7.37. The summed E-state index contributed by atoms with van der Waals surface area (Å²) in [6.07, 6.45) is 7.99. The Morgan fingerprint density at radius 3 is 2.49 bits per heavy atom. The van der Waals surface area contributed by atoms with Crippen molar-refractivity contribution < 1.29 is 15.0 Å². The van der Waals surface area contributed by atoms with E-state index in [1.54, 1.807) is 43.1 Å². The normalized spacial score (nSPS) is 19.6.